The van der Waals surface area contributed by atoms with E-state index in [1.165, 1.54) is 12.8 Å². The second-order valence-electron chi connectivity index (χ2n) is 3.07. The minimum absolute atomic E-state index is 0.158. The van der Waals surface area contributed by atoms with Gasteiger partial charge in [0.25, 0.3) is 0 Å². The van der Waals surface area contributed by atoms with E-state index in [1.54, 1.807) is 0 Å². The Morgan fingerprint density at radius 3 is 2.36 bits per heavy atom. The Kier molecular flexibility index (Phi) is 2.70. The van der Waals surface area contributed by atoms with Gasteiger partial charge in [0.15, 0.2) is 5.96 Å². The molecule has 1 aliphatic carbocycles. The van der Waals surface area contributed by atoms with Gasteiger partial charge in [-0.25, -0.2) is 4.99 Å². The molecule has 0 aliphatic heterocycles. The molecule has 64 valence electrons. The molecule has 0 aromatic rings. The highest BCUT2D eigenvalue weighted by Crippen LogP contribution is 2.19. The van der Waals surface area contributed by atoms with Crippen molar-refractivity contribution in [3.8, 4) is 0 Å². The van der Waals surface area contributed by atoms with Crippen molar-refractivity contribution < 1.29 is 0 Å². The molecule has 1 rings (SSSR count). The maximum absolute atomic E-state index is 5.81. The molecule has 0 spiro atoms. The highest BCUT2D eigenvalue weighted by Gasteiger charge is 2.20. The molecule has 11 heavy (non-hydrogen) atoms. The van der Waals surface area contributed by atoms with Crippen LogP contribution in [0, 0.1) is 0 Å². The van der Waals surface area contributed by atoms with Crippen LogP contribution in [0.4, 0.5) is 0 Å². The Labute approximate surface area is 66.8 Å². The first-order valence-corrected chi connectivity index (χ1v) is 4.04. The zero-order chi connectivity index (χ0) is 8.27. The van der Waals surface area contributed by atoms with Gasteiger partial charge in [-0.05, 0) is 12.8 Å². The van der Waals surface area contributed by atoms with Gasteiger partial charge in [-0.15, -0.1) is 0 Å². The summed E-state index contributed by atoms with van der Waals surface area (Å²) in [6.07, 6.45) is 4.47. The normalized spacial score (nSPS) is 31.4. The topological polar surface area (TPSA) is 90.4 Å². The Balaban J connectivity index is 2.48. The van der Waals surface area contributed by atoms with Gasteiger partial charge in [0.2, 0.25) is 0 Å². The third kappa shape index (κ3) is 2.38. The van der Waals surface area contributed by atoms with E-state index < -0.39 is 0 Å². The number of rotatable bonds is 1. The molecular weight excluding hydrogens is 140 g/mol. The molecule has 2 unspecified atom stereocenters. The van der Waals surface area contributed by atoms with Gasteiger partial charge in [-0.2, -0.15) is 0 Å². The third-order valence-electron chi connectivity index (χ3n) is 2.10. The van der Waals surface area contributed by atoms with Gasteiger partial charge in [0.05, 0.1) is 6.04 Å². The number of nitrogens with zero attached hydrogens (tertiary/aromatic N) is 1. The monoisotopic (exact) mass is 156 g/mol. The summed E-state index contributed by atoms with van der Waals surface area (Å²) in [4.78, 5) is 4.06. The number of aliphatic imine (C=N–C) groups is 1. The molecule has 0 radical (unpaired) electrons. The van der Waals surface area contributed by atoms with E-state index in [9.17, 15) is 0 Å². The van der Waals surface area contributed by atoms with E-state index >= 15 is 0 Å². The van der Waals surface area contributed by atoms with E-state index in [0.29, 0.717) is 0 Å². The number of guanidine groups is 1. The Morgan fingerprint density at radius 1 is 1.18 bits per heavy atom. The van der Waals surface area contributed by atoms with Crippen molar-refractivity contribution in [2.75, 3.05) is 0 Å². The Morgan fingerprint density at radius 2 is 1.82 bits per heavy atom. The number of nitrogens with two attached hydrogens (primary N) is 3. The molecule has 1 saturated carbocycles. The molecule has 1 fully saturated rings. The first kappa shape index (κ1) is 8.33. The van der Waals surface area contributed by atoms with Crippen LogP contribution in [0.5, 0.6) is 0 Å². The predicted octanol–water partition coefficient (Wildman–Crippen LogP) is -0.470. The van der Waals surface area contributed by atoms with Crippen molar-refractivity contribution >= 4 is 5.96 Å². The van der Waals surface area contributed by atoms with Gasteiger partial charge in [0, 0.05) is 6.04 Å². The maximum Gasteiger partial charge on any atom is 0.186 e. The molecule has 0 aromatic carbocycles. The first-order chi connectivity index (χ1) is 5.20. The van der Waals surface area contributed by atoms with Crippen LogP contribution in [0.3, 0.4) is 0 Å². The lowest BCUT2D eigenvalue weighted by Gasteiger charge is -2.24. The largest absolute Gasteiger partial charge is 0.370 e. The van der Waals surface area contributed by atoms with Crippen LogP contribution in [0.2, 0.25) is 0 Å². The SMILES string of the molecule is NC(N)=NC1CCCCC1N. The van der Waals surface area contributed by atoms with Gasteiger partial charge < -0.3 is 17.2 Å². The summed E-state index contributed by atoms with van der Waals surface area (Å²) in [5.41, 5.74) is 16.3. The third-order valence-corrected chi connectivity index (χ3v) is 2.10. The summed E-state index contributed by atoms with van der Waals surface area (Å²) < 4.78 is 0. The Hall–Kier alpha value is -0.770. The minimum Gasteiger partial charge on any atom is -0.370 e. The standard InChI is InChI=1S/C7H16N4/c8-5-3-1-2-4-6(5)11-7(9)10/h5-6H,1-4,8H2,(H4,9,10,11). The van der Waals surface area contributed by atoms with Gasteiger partial charge in [-0.3, -0.25) is 0 Å². The molecule has 0 aromatic heterocycles. The van der Waals surface area contributed by atoms with E-state index in [4.69, 9.17) is 17.2 Å². The summed E-state index contributed by atoms with van der Waals surface area (Å²) in [5, 5.41) is 0. The molecule has 4 heteroatoms. The highest BCUT2D eigenvalue weighted by molar-refractivity contribution is 5.75. The molecule has 0 amide bonds. The molecule has 0 heterocycles. The summed E-state index contributed by atoms with van der Waals surface area (Å²) in [6.45, 7) is 0. The van der Waals surface area contributed by atoms with Gasteiger partial charge in [0.1, 0.15) is 0 Å². The maximum atomic E-state index is 5.81. The van der Waals surface area contributed by atoms with Crippen LogP contribution >= 0.6 is 0 Å². The average molecular weight is 156 g/mol. The molecule has 0 bridgehead atoms. The van der Waals surface area contributed by atoms with E-state index in [-0.39, 0.29) is 18.0 Å². The first-order valence-electron chi connectivity index (χ1n) is 4.04. The summed E-state index contributed by atoms with van der Waals surface area (Å²) >= 11 is 0. The Bertz CT molecular complexity index is 151. The fourth-order valence-electron chi connectivity index (χ4n) is 1.49. The summed E-state index contributed by atoms with van der Waals surface area (Å²) in [6, 6.07) is 0.319. The van der Waals surface area contributed by atoms with Crippen LogP contribution < -0.4 is 17.2 Å². The molecular formula is C7H16N4. The molecule has 6 N–H and O–H groups in total. The molecule has 1 aliphatic rings. The minimum atomic E-state index is 0.158. The van der Waals surface area contributed by atoms with E-state index in [0.717, 1.165) is 12.8 Å². The lowest BCUT2D eigenvalue weighted by atomic mass is 9.91. The van der Waals surface area contributed by atoms with Crippen molar-refractivity contribution in [2.45, 2.75) is 37.8 Å². The lowest BCUT2D eigenvalue weighted by molar-refractivity contribution is 0.386. The summed E-state index contributed by atoms with van der Waals surface area (Å²) in [7, 11) is 0. The zero-order valence-electron chi connectivity index (χ0n) is 6.66. The second kappa shape index (κ2) is 3.57. The number of hydrogen-bond acceptors (Lipinski definition) is 2. The van der Waals surface area contributed by atoms with Gasteiger partial charge in [-0.1, -0.05) is 12.8 Å². The van der Waals surface area contributed by atoms with Crippen molar-refractivity contribution in [2.24, 2.45) is 22.2 Å². The number of hydrogen-bond donors (Lipinski definition) is 3. The van der Waals surface area contributed by atoms with Crippen LogP contribution in [-0.4, -0.2) is 18.0 Å². The quantitative estimate of drug-likeness (QED) is 0.354. The highest BCUT2D eigenvalue weighted by atomic mass is 15.0. The predicted molar refractivity (Wildman–Crippen MR) is 46.0 cm³/mol. The van der Waals surface area contributed by atoms with Crippen molar-refractivity contribution in [1.82, 2.24) is 0 Å². The average Bonchev–Trinajstić information content (AvgIpc) is 1.93. The summed E-state index contributed by atoms with van der Waals surface area (Å²) in [5.74, 6) is 0.160. The molecule has 2 atom stereocenters. The van der Waals surface area contributed by atoms with Gasteiger partial charge >= 0.3 is 0 Å². The lowest BCUT2D eigenvalue weighted by Crippen LogP contribution is -2.38. The van der Waals surface area contributed by atoms with Crippen LogP contribution in [0.25, 0.3) is 0 Å². The van der Waals surface area contributed by atoms with E-state index in [2.05, 4.69) is 4.99 Å². The van der Waals surface area contributed by atoms with Crippen molar-refractivity contribution in [1.29, 1.82) is 0 Å². The van der Waals surface area contributed by atoms with Crippen LogP contribution in [0.1, 0.15) is 25.7 Å². The van der Waals surface area contributed by atoms with Crippen LogP contribution in [0.15, 0.2) is 4.99 Å². The second-order valence-corrected chi connectivity index (χ2v) is 3.07. The zero-order valence-corrected chi connectivity index (χ0v) is 6.66. The fraction of sp³-hybridized carbons (Fsp3) is 0.857. The molecule has 4 nitrogen and oxygen atoms in total. The van der Waals surface area contributed by atoms with Crippen molar-refractivity contribution in [3.05, 3.63) is 0 Å². The van der Waals surface area contributed by atoms with E-state index in [1.807, 2.05) is 0 Å². The smallest absolute Gasteiger partial charge is 0.186 e. The fourth-order valence-corrected chi connectivity index (χ4v) is 1.49. The molecule has 0 saturated heterocycles. The van der Waals surface area contributed by atoms with Crippen molar-refractivity contribution in [3.63, 3.8) is 0 Å². The van der Waals surface area contributed by atoms with Crippen LogP contribution in [-0.2, 0) is 0 Å².